The second-order valence-electron chi connectivity index (χ2n) is 3.56. The van der Waals surface area contributed by atoms with Crippen molar-refractivity contribution in [3.05, 3.63) is 51.9 Å². The van der Waals surface area contributed by atoms with Crippen LogP contribution >= 0.6 is 15.9 Å². The summed E-state index contributed by atoms with van der Waals surface area (Å²) < 4.78 is 37.3. The van der Waals surface area contributed by atoms with Crippen LogP contribution in [0.25, 0.3) is 0 Å². The van der Waals surface area contributed by atoms with Crippen molar-refractivity contribution in [3.63, 3.8) is 0 Å². The molecule has 0 aliphatic carbocycles. The van der Waals surface area contributed by atoms with E-state index in [9.17, 15) is 8.78 Å². The molecule has 0 saturated heterocycles. The van der Waals surface area contributed by atoms with Crippen molar-refractivity contribution in [3.8, 4) is 5.75 Å². The summed E-state index contributed by atoms with van der Waals surface area (Å²) in [6.07, 6.45) is 0. The van der Waals surface area contributed by atoms with E-state index in [4.69, 9.17) is 14.9 Å². The number of rotatable bonds is 4. The van der Waals surface area contributed by atoms with Crippen LogP contribution in [-0.2, 0) is 13.2 Å². The van der Waals surface area contributed by atoms with Gasteiger partial charge in [-0.1, -0.05) is 15.9 Å². The molecule has 0 saturated carbocycles. The molecule has 0 amide bonds. The highest BCUT2D eigenvalue weighted by Crippen LogP contribution is 2.26. The molecule has 0 aliphatic heterocycles. The van der Waals surface area contributed by atoms with Gasteiger partial charge in [0, 0.05) is 4.47 Å². The minimum Gasteiger partial charge on any atom is -0.482 e. The minimum atomic E-state index is -1.02. The predicted octanol–water partition coefficient (Wildman–Crippen LogP) is 3.36. The Hall–Kier alpha value is -1.40. The number of nitrogens with two attached hydrogens (primary N) is 1. The molecule has 0 bridgehead atoms. The Morgan fingerprint density at radius 1 is 1.22 bits per heavy atom. The Balaban J connectivity index is 2.10. The first-order chi connectivity index (χ1) is 8.60. The van der Waals surface area contributed by atoms with Crippen molar-refractivity contribution < 1.29 is 17.9 Å². The van der Waals surface area contributed by atoms with E-state index in [2.05, 4.69) is 15.9 Å². The highest BCUT2D eigenvalue weighted by Gasteiger charge is 2.12. The molecule has 1 heterocycles. The Morgan fingerprint density at radius 2 is 1.94 bits per heavy atom. The topological polar surface area (TPSA) is 48.4 Å². The van der Waals surface area contributed by atoms with E-state index in [1.807, 2.05) is 0 Å². The highest BCUT2D eigenvalue weighted by atomic mass is 79.9. The molecule has 2 aromatic rings. The van der Waals surface area contributed by atoms with Crippen molar-refractivity contribution in [2.75, 3.05) is 0 Å². The molecule has 2 N–H and O–H groups in total. The van der Waals surface area contributed by atoms with E-state index in [0.717, 1.165) is 6.07 Å². The van der Waals surface area contributed by atoms with Crippen molar-refractivity contribution in [2.45, 2.75) is 13.2 Å². The molecular formula is C12H10BrF2NO2. The number of hydrogen-bond donors (Lipinski definition) is 1. The van der Waals surface area contributed by atoms with Gasteiger partial charge in [-0.15, -0.1) is 0 Å². The van der Waals surface area contributed by atoms with Gasteiger partial charge in [-0.2, -0.15) is 4.39 Å². The van der Waals surface area contributed by atoms with Crippen LogP contribution in [0.1, 0.15) is 11.5 Å². The summed E-state index contributed by atoms with van der Waals surface area (Å²) >= 11 is 3.06. The maximum atomic E-state index is 13.4. The maximum absolute atomic E-state index is 13.4. The minimum absolute atomic E-state index is 0.00676. The molecule has 1 aromatic heterocycles. The van der Waals surface area contributed by atoms with Gasteiger partial charge < -0.3 is 14.9 Å². The van der Waals surface area contributed by atoms with E-state index in [0.29, 0.717) is 16.0 Å². The fourth-order valence-electron chi connectivity index (χ4n) is 1.40. The number of benzene rings is 1. The van der Waals surface area contributed by atoms with E-state index < -0.39 is 11.6 Å². The van der Waals surface area contributed by atoms with Crippen LogP contribution in [0.4, 0.5) is 8.78 Å². The van der Waals surface area contributed by atoms with E-state index >= 15 is 0 Å². The van der Waals surface area contributed by atoms with Crippen LogP contribution < -0.4 is 10.5 Å². The highest BCUT2D eigenvalue weighted by molar-refractivity contribution is 9.10. The summed E-state index contributed by atoms with van der Waals surface area (Å²) in [6, 6.07) is 5.76. The Bertz CT molecular complexity index is 557. The summed E-state index contributed by atoms with van der Waals surface area (Å²) in [6.45, 7) is 0.284. The standard InChI is InChI=1S/C12H10BrF2NO2/c13-7-3-10(14)12(15)11(4-7)17-6-9-2-1-8(5-16)18-9/h1-4H,5-6,16H2. The molecule has 3 nitrogen and oxygen atoms in total. The van der Waals surface area contributed by atoms with Crippen LogP contribution in [0, 0.1) is 11.6 Å². The summed E-state index contributed by atoms with van der Waals surface area (Å²) in [5.41, 5.74) is 5.38. The molecule has 6 heteroatoms. The van der Waals surface area contributed by atoms with Gasteiger partial charge in [0.2, 0.25) is 5.82 Å². The Labute approximate surface area is 111 Å². The lowest BCUT2D eigenvalue weighted by molar-refractivity contribution is 0.251. The van der Waals surface area contributed by atoms with Gasteiger partial charge in [-0.05, 0) is 24.3 Å². The van der Waals surface area contributed by atoms with Gasteiger partial charge in [-0.3, -0.25) is 0 Å². The SMILES string of the molecule is NCc1ccc(COc2cc(Br)cc(F)c2F)o1. The summed E-state index contributed by atoms with van der Waals surface area (Å²) in [7, 11) is 0. The van der Waals surface area contributed by atoms with Gasteiger partial charge in [0.25, 0.3) is 0 Å². The number of halogens is 3. The van der Waals surface area contributed by atoms with Crippen LogP contribution in [0.3, 0.4) is 0 Å². The zero-order valence-electron chi connectivity index (χ0n) is 9.25. The van der Waals surface area contributed by atoms with Gasteiger partial charge in [0.15, 0.2) is 11.6 Å². The lowest BCUT2D eigenvalue weighted by Crippen LogP contribution is -1.98. The lowest BCUT2D eigenvalue weighted by atomic mass is 10.3. The van der Waals surface area contributed by atoms with E-state index in [1.165, 1.54) is 6.07 Å². The van der Waals surface area contributed by atoms with E-state index in [1.54, 1.807) is 12.1 Å². The number of furan rings is 1. The monoisotopic (exact) mass is 317 g/mol. The first-order valence-corrected chi connectivity index (χ1v) is 5.94. The lowest BCUT2D eigenvalue weighted by Gasteiger charge is -2.06. The van der Waals surface area contributed by atoms with Gasteiger partial charge >= 0.3 is 0 Å². The fourth-order valence-corrected chi connectivity index (χ4v) is 1.80. The Morgan fingerprint density at radius 3 is 2.61 bits per heavy atom. The van der Waals surface area contributed by atoms with Gasteiger partial charge in [0.05, 0.1) is 6.54 Å². The van der Waals surface area contributed by atoms with Crippen molar-refractivity contribution in [2.24, 2.45) is 5.73 Å². The third-order valence-corrected chi connectivity index (χ3v) is 2.71. The van der Waals surface area contributed by atoms with Crippen molar-refractivity contribution in [1.82, 2.24) is 0 Å². The molecule has 18 heavy (non-hydrogen) atoms. The van der Waals surface area contributed by atoms with Gasteiger partial charge in [0.1, 0.15) is 18.1 Å². The Kier molecular flexibility index (Phi) is 3.98. The molecule has 0 aliphatic rings. The average Bonchev–Trinajstić information content (AvgIpc) is 2.80. The quantitative estimate of drug-likeness (QED) is 0.880. The predicted molar refractivity (Wildman–Crippen MR) is 65.0 cm³/mol. The van der Waals surface area contributed by atoms with Crippen LogP contribution in [0.2, 0.25) is 0 Å². The van der Waals surface area contributed by atoms with Crippen LogP contribution in [0.15, 0.2) is 33.2 Å². The molecule has 2 rings (SSSR count). The fraction of sp³-hybridized carbons (Fsp3) is 0.167. The molecule has 0 spiro atoms. The zero-order chi connectivity index (χ0) is 13.1. The zero-order valence-corrected chi connectivity index (χ0v) is 10.8. The third-order valence-electron chi connectivity index (χ3n) is 2.25. The van der Waals surface area contributed by atoms with Crippen molar-refractivity contribution in [1.29, 1.82) is 0 Å². The largest absolute Gasteiger partial charge is 0.482 e. The molecule has 0 atom stereocenters. The summed E-state index contributed by atoms with van der Waals surface area (Å²) in [5, 5.41) is 0. The summed E-state index contributed by atoms with van der Waals surface area (Å²) in [4.78, 5) is 0. The van der Waals surface area contributed by atoms with E-state index in [-0.39, 0.29) is 18.9 Å². The molecule has 0 unspecified atom stereocenters. The maximum Gasteiger partial charge on any atom is 0.200 e. The van der Waals surface area contributed by atoms with Crippen LogP contribution in [0.5, 0.6) is 5.75 Å². The molecule has 96 valence electrons. The molecular weight excluding hydrogens is 308 g/mol. The second kappa shape index (κ2) is 5.49. The summed E-state index contributed by atoms with van der Waals surface area (Å²) in [5.74, 6) is -1.07. The molecule has 0 fully saturated rings. The number of ether oxygens (including phenoxy) is 1. The first-order valence-electron chi connectivity index (χ1n) is 5.15. The van der Waals surface area contributed by atoms with Gasteiger partial charge in [-0.25, -0.2) is 4.39 Å². The number of hydrogen-bond acceptors (Lipinski definition) is 3. The van der Waals surface area contributed by atoms with Crippen LogP contribution in [-0.4, -0.2) is 0 Å². The van der Waals surface area contributed by atoms with Crippen molar-refractivity contribution >= 4 is 15.9 Å². The first kappa shape index (κ1) is 13.0. The molecule has 0 radical (unpaired) electrons. The average molecular weight is 318 g/mol. The third kappa shape index (κ3) is 2.88. The molecule has 1 aromatic carbocycles. The normalized spacial score (nSPS) is 10.7. The smallest absolute Gasteiger partial charge is 0.200 e. The second-order valence-corrected chi connectivity index (χ2v) is 4.48.